The van der Waals surface area contributed by atoms with Crippen molar-refractivity contribution in [1.82, 2.24) is 4.98 Å². The summed E-state index contributed by atoms with van der Waals surface area (Å²) in [5.74, 6) is 1.65. The molecule has 0 spiro atoms. The van der Waals surface area contributed by atoms with Gasteiger partial charge in [0.2, 0.25) is 5.88 Å². The molecule has 0 saturated carbocycles. The van der Waals surface area contributed by atoms with E-state index in [9.17, 15) is 0 Å². The fraction of sp³-hybridized carbons (Fsp3) is 0.154. The minimum Gasteiger partial charge on any atom is -0.493 e. The van der Waals surface area contributed by atoms with E-state index in [1.54, 1.807) is 37.6 Å². The van der Waals surface area contributed by atoms with Gasteiger partial charge in [-0.2, -0.15) is 0 Å². The van der Waals surface area contributed by atoms with Crippen molar-refractivity contribution in [2.45, 2.75) is 6.61 Å². The molecule has 17 heavy (non-hydrogen) atoms. The highest BCUT2D eigenvalue weighted by molar-refractivity contribution is 5.44. The molecule has 2 rings (SSSR count). The highest BCUT2D eigenvalue weighted by Gasteiger charge is 2.06. The summed E-state index contributed by atoms with van der Waals surface area (Å²) >= 11 is 0. The van der Waals surface area contributed by atoms with Crippen LogP contribution in [0.5, 0.6) is 17.4 Å². The lowest BCUT2D eigenvalue weighted by Gasteiger charge is -2.10. The Balaban J connectivity index is 2.26. The summed E-state index contributed by atoms with van der Waals surface area (Å²) in [5.41, 5.74) is 0.773. The minimum atomic E-state index is -0.0276. The van der Waals surface area contributed by atoms with Gasteiger partial charge in [-0.1, -0.05) is 12.1 Å². The molecule has 1 aromatic heterocycles. The number of methoxy groups -OCH3 is 1. The van der Waals surface area contributed by atoms with Gasteiger partial charge in [-0.3, -0.25) is 0 Å². The molecule has 4 nitrogen and oxygen atoms in total. The zero-order chi connectivity index (χ0) is 12.1. The number of hydrogen-bond donors (Lipinski definition) is 1. The number of aliphatic hydroxyl groups excluding tert-OH is 1. The van der Waals surface area contributed by atoms with Crippen LogP contribution in [0.25, 0.3) is 0 Å². The molecule has 4 heteroatoms. The molecule has 0 aliphatic heterocycles. The van der Waals surface area contributed by atoms with Gasteiger partial charge in [0.05, 0.1) is 13.7 Å². The molecule has 0 radical (unpaired) electrons. The summed E-state index contributed by atoms with van der Waals surface area (Å²) in [7, 11) is 1.56. The maximum absolute atomic E-state index is 9.03. The van der Waals surface area contributed by atoms with Crippen molar-refractivity contribution in [3.63, 3.8) is 0 Å². The zero-order valence-corrected chi connectivity index (χ0v) is 9.46. The third-order valence-electron chi connectivity index (χ3n) is 2.26. The summed E-state index contributed by atoms with van der Waals surface area (Å²) in [5, 5.41) is 9.03. The molecule has 2 aromatic rings. The predicted octanol–water partition coefficient (Wildman–Crippen LogP) is 2.37. The molecule has 0 bridgehead atoms. The van der Waals surface area contributed by atoms with Crippen molar-refractivity contribution in [2.75, 3.05) is 7.11 Å². The molecule has 0 amide bonds. The van der Waals surface area contributed by atoms with Gasteiger partial charge in [0.15, 0.2) is 11.5 Å². The first-order chi connectivity index (χ1) is 8.33. The van der Waals surface area contributed by atoms with E-state index in [1.165, 1.54) is 0 Å². The van der Waals surface area contributed by atoms with Crippen LogP contribution >= 0.6 is 0 Å². The lowest BCUT2D eigenvalue weighted by molar-refractivity contribution is 0.280. The maximum Gasteiger partial charge on any atom is 0.219 e. The summed E-state index contributed by atoms with van der Waals surface area (Å²) < 4.78 is 10.8. The van der Waals surface area contributed by atoms with Crippen molar-refractivity contribution in [2.24, 2.45) is 0 Å². The molecule has 1 aromatic carbocycles. The van der Waals surface area contributed by atoms with Gasteiger partial charge in [-0.05, 0) is 23.8 Å². The summed E-state index contributed by atoms with van der Waals surface area (Å²) in [4.78, 5) is 4.06. The maximum atomic E-state index is 9.03. The normalized spacial score (nSPS) is 10.0. The first-order valence-corrected chi connectivity index (χ1v) is 5.20. The van der Waals surface area contributed by atoms with E-state index in [1.807, 2.05) is 12.1 Å². The first-order valence-electron chi connectivity index (χ1n) is 5.20. The standard InChI is InChI=1S/C13H13NO3/c1-16-12-8-10(9-15)5-6-11(12)17-13-4-2-3-7-14-13/h2-8,15H,9H2,1H3. The topological polar surface area (TPSA) is 51.6 Å². The zero-order valence-electron chi connectivity index (χ0n) is 9.46. The van der Waals surface area contributed by atoms with Crippen molar-refractivity contribution < 1.29 is 14.6 Å². The van der Waals surface area contributed by atoms with Gasteiger partial charge >= 0.3 is 0 Å². The van der Waals surface area contributed by atoms with Crippen molar-refractivity contribution >= 4 is 0 Å². The van der Waals surface area contributed by atoms with Crippen LogP contribution in [0.2, 0.25) is 0 Å². The molecule has 0 saturated heterocycles. The summed E-state index contributed by atoms with van der Waals surface area (Å²) in [6.45, 7) is -0.0276. The number of aliphatic hydroxyl groups is 1. The minimum absolute atomic E-state index is 0.0276. The molecule has 88 valence electrons. The molecular formula is C13H13NO3. The molecule has 1 heterocycles. The average Bonchev–Trinajstić information content (AvgIpc) is 2.40. The van der Waals surface area contributed by atoms with Crippen LogP contribution in [-0.2, 0) is 6.61 Å². The quantitative estimate of drug-likeness (QED) is 0.877. The molecule has 0 aliphatic rings. The highest BCUT2D eigenvalue weighted by Crippen LogP contribution is 2.31. The first kappa shape index (κ1) is 11.4. The van der Waals surface area contributed by atoms with Crippen molar-refractivity contribution in [3.8, 4) is 17.4 Å². The van der Waals surface area contributed by atoms with E-state index in [2.05, 4.69) is 4.98 Å². The Labute approximate surface area is 99.5 Å². The van der Waals surface area contributed by atoms with Gasteiger partial charge in [0.1, 0.15) is 0 Å². The van der Waals surface area contributed by atoms with Gasteiger partial charge in [-0.15, -0.1) is 0 Å². The summed E-state index contributed by atoms with van der Waals surface area (Å²) in [6.07, 6.45) is 1.66. The van der Waals surface area contributed by atoms with Crippen LogP contribution in [0.3, 0.4) is 0 Å². The fourth-order valence-corrected chi connectivity index (χ4v) is 1.41. The number of aromatic nitrogens is 1. The van der Waals surface area contributed by atoms with Gasteiger partial charge < -0.3 is 14.6 Å². The van der Waals surface area contributed by atoms with E-state index in [4.69, 9.17) is 14.6 Å². The van der Waals surface area contributed by atoms with Crippen LogP contribution in [-0.4, -0.2) is 17.2 Å². The highest BCUT2D eigenvalue weighted by atomic mass is 16.5. The number of ether oxygens (including phenoxy) is 2. The Bertz CT molecular complexity index is 485. The second-order valence-electron chi connectivity index (χ2n) is 3.41. The fourth-order valence-electron chi connectivity index (χ4n) is 1.41. The van der Waals surface area contributed by atoms with Crippen LogP contribution in [0.1, 0.15) is 5.56 Å². The number of hydrogen-bond acceptors (Lipinski definition) is 4. The Hall–Kier alpha value is -2.07. The molecule has 0 fully saturated rings. The number of benzene rings is 1. The Morgan fingerprint density at radius 2 is 2.06 bits per heavy atom. The molecule has 0 unspecified atom stereocenters. The lowest BCUT2D eigenvalue weighted by atomic mass is 10.2. The number of rotatable bonds is 4. The van der Waals surface area contributed by atoms with Crippen LogP contribution in [0.4, 0.5) is 0 Å². The Morgan fingerprint density at radius 3 is 2.71 bits per heavy atom. The van der Waals surface area contributed by atoms with Gasteiger partial charge in [0, 0.05) is 12.3 Å². The predicted molar refractivity (Wildman–Crippen MR) is 63.2 cm³/mol. The van der Waals surface area contributed by atoms with E-state index in [0.717, 1.165) is 5.56 Å². The lowest BCUT2D eigenvalue weighted by Crippen LogP contribution is -1.93. The van der Waals surface area contributed by atoms with Crippen LogP contribution in [0, 0.1) is 0 Å². The third kappa shape index (κ3) is 2.73. The monoisotopic (exact) mass is 231 g/mol. The molecule has 0 aliphatic carbocycles. The third-order valence-corrected chi connectivity index (χ3v) is 2.26. The van der Waals surface area contributed by atoms with Gasteiger partial charge in [-0.25, -0.2) is 4.98 Å². The SMILES string of the molecule is COc1cc(CO)ccc1Oc1ccccn1. The summed E-state index contributed by atoms with van der Waals surface area (Å²) in [6, 6.07) is 10.7. The molecular weight excluding hydrogens is 218 g/mol. The Kier molecular flexibility index (Phi) is 3.57. The van der Waals surface area contributed by atoms with Crippen molar-refractivity contribution in [1.29, 1.82) is 0 Å². The Morgan fingerprint density at radius 1 is 1.18 bits per heavy atom. The molecule has 1 N–H and O–H groups in total. The number of pyridine rings is 1. The van der Waals surface area contributed by atoms with E-state index >= 15 is 0 Å². The smallest absolute Gasteiger partial charge is 0.219 e. The van der Waals surface area contributed by atoms with Crippen molar-refractivity contribution in [3.05, 3.63) is 48.2 Å². The van der Waals surface area contributed by atoms with Crippen LogP contribution < -0.4 is 9.47 Å². The van der Waals surface area contributed by atoms with E-state index < -0.39 is 0 Å². The van der Waals surface area contributed by atoms with E-state index in [0.29, 0.717) is 17.4 Å². The molecule has 0 atom stereocenters. The average molecular weight is 231 g/mol. The van der Waals surface area contributed by atoms with E-state index in [-0.39, 0.29) is 6.61 Å². The number of nitrogens with zero attached hydrogens (tertiary/aromatic N) is 1. The second-order valence-corrected chi connectivity index (χ2v) is 3.41. The van der Waals surface area contributed by atoms with Gasteiger partial charge in [0.25, 0.3) is 0 Å². The largest absolute Gasteiger partial charge is 0.493 e. The second kappa shape index (κ2) is 5.32. The van der Waals surface area contributed by atoms with Crippen LogP contribution in [0.15, 0.2) is 42.6 Å².